The number of amides is 1. The first kappa shape index (κ1) is 19.8. The molecule has 0 aliphatic carbocycles. The van der Waals surface area contributed by atoms with E-state index in [0.29, 0.717) is 17.8 Å². The van der Waals surface area contributed by atoms with Crippen molar-refractivity contribution in [3.8, 4) is 16.9 Å². The number of nitrogens with zero attached hydrogens (tertiary/aromatic N) is 3. The van der Waals surface area contributed by atoms with Gasteiger partial charge in [-0.3, -0.25) is 4.79 Å². The van der Waals surface area contributed by atoms with Crippen molar-refractivity contribution in [1.29, 1.82) is 0 Å². The van der Waals surface area contributed by atoms with Crippen molar-refractivity contribution in [2.24, 2.45) is 0 Å². The van der Waals surface area contributed by atoms with Crippen LogP contribution < -0.4 is 5.32 Å². The number of benzene rings is 2. The van der Waals surface area contributed by atoms with Crippen molar-refractivity contribution in [3.05, 3.63) is 71.9 Å². The molecule has 1 N–H and O–H groups in total. The quantitative estimate of drug-likeness (QED) is 0.648. The Morgan fingerprint density at radius 3 is 2.21 bits per heavy atom. The van der Waals surface area contributed by atoms with Crippen LogP contribution in [0.2, 0.25) is 0 Å². The summed E-state index contributed by atoms with van der Waals surface area (Å²) in [5, 5.41) is 7.87. The fourth-order valence-electron chi connectivity index (χ4n) is 3.35. The molecule has 1 aromatic heterocycles. The highest BCUT2D eigenvalue weighted by molar-refractivity contribution is 6.01. The monoisotopic (exact) mass is 376 g/mol. The van der Waals surface area contributed by atoms with Crippen molar-refractivity contribution in [1.82, 2.24) is 20.0 Å². The van der Waals surface area contributed by atoms with Gasteiger partial charge in [-0.15, -0.1) is 0 Å². The van der Waals surface area contributed by atoms with E-state index >= 15 is 0 Å². The predicted octanol–water partition coefficient (Wildman–Crippen LogP) is 3.92. The molecule has 0 aliphatic rings. The highest BCUT2D eigenvalue weighted by Gasteiger charge is 2.22. The molecule has 0 saturated carbocycles. The third-order valence-electron chi connectivity index (χ3n) is 5.00. The third kappa shape index (κ3) is 4.31. The van der Waals surface area contributed by atoms with E-state index in [4.69, 9.17) is 5.10 Å². The summed E-state index contributed by atoms with van der Waals surface area (Å²) < 4.78 is 1.85. The maximum Gasteiger partial charge on any atom is 0.255 e. The van der Waals surface area contributed by atoms with E-state index in [1.54, 1.807) is 0 Å². The largest absolute Gasteiger partial charge is 0.351 e. The van der Waals surface area contributed by atoms with Crippen molar-refractivity contribution in [2.45, 2.75) is 20.8 Å². The Kier molecular flexibility index (Phi) is 6.61. The van der Waals surface area contributed by atoms with Gasteiger partial charge in [-0.2, -0.15) is 5.10 Å². The van der Waals surface area contributed by atoms with E-state index in [1.807, 2.05) is 72.3 Å². The Morgan fingerprint density at radius 1 is 1.00 bits per heavy atom. The molecule has 2 aromatic carbocycles. The van der Waals surface area contributed by atoms with Crippen LogP contribution in [0.1, 0.15) is 29.9 Å². The number of nitrogens with one attached hydrogen (secondary N) is 1. The molecule has 5 nitrogen and oxygen atoms in total. The topological polar surface area (TPSA) is 50.2 Å². The van der Waals surface area contributed by atoms with Crippen molar-refractivity contribution in [3.63, 3.8) is 0 Å². The first-order chi connectivity index (χ1) is 13.7. The molecule has 0 unspecified atom stereocenters. The second kappa shape index (κ2) is 9.33. The van der Waals surface area contributed by atoms with Gasteiger partial charge in [0.05, 0.1) is 16.9 Å². The summed E-state index contributed by atoms with van der Waals surface area (Å²) in [6.07, 6.45) is 0. The Balaban J connectivity index is 1.94. The smallest absolute Gasteiger partial charge is 0.255 e. The van der Waals surface area contributed by atoms with Gasteiger partial charge in [-0.05, 0) is 32.1 Å². The molecule has 0 fully saturated rings. The van der Waals surface area contributed by atoms with E-state index in [0.717, 1.165) is 36.6 Å². The molecular formula is C23H28N4O. The number of carbonyl (C=O) groups is 1. The zero-order valence-corrected chi connectivity index (χ0v) is 16.9. The molecule has 0 radical (unpaired) electrons. The normalized spacial score (nSPS) is 11.0. The van der Waals surface area contributed by atoms with Crippen LogP contribution in [0.5, 0.6) is 0 Å². The first-order valence-electron chi connectivity index (χ1n) is 9.86. The van der Waals surface area contributed by atoms with E-state index < -0.39 is 0 Å². The van der Waals surface area contributed by atoms with Gasteiger partial charge in [-0.25, -0.2) is 4.68 Å². The second-order valence-electron chi connectivity index (χ2n) is 6.71. The zero-order valence-electron chi connectivity index (χ0n) is 16.9. The number of aromatic nitrogens is 2. The number of hydrogen-bond donors (Lipinski definition) is 1. The summed E-state index contributed by atoms with van der Waals surface area (Å²) in [4.78, 5) is 15.4. The van der Waals surface area contributed by atoms with E-state index in [-0.39, 0.29) is 5.91 Å². The number of likely N-dealkylation sites (N-methyl/N-ethyl adjacent to an activating group) is 1. The van der Waals surface area contributed by atoms with Crippen LogP contribution in [-0.4, -0.2) is 46.8 Å². The van der Waals surface area contributed by atoms with Crippen LogP contribution in [0.25, 0.3) is 16.9 Å². The molecule has 1 heterocycles. The van der Waals surface area contributed by atoms with Crippen LogP contribution in [0.15, 0.2) is 60.7 Å². The van der Waals surface area contributed by atoms with Gasteiger partial charge in [0.25, 0.3) is 5.91 Å². The highest BCUT2D eigenvalue weighted by Crippen LogP contribution is 2.27. The summed E-state index contributed by atoms with van der Waals surface area (Å²) in [7, 11) is 0. The van der Waals surface area contributed by atoms with Gasteiger partial charge < -0.3 is 10.2 Å². The van der Waals surface area contributed by atoms with Gasteiger partial charge in [0.15, 0.2) is 0 Å². The van der Waals surface area contributed by atoms with Crippen molar-refractivity contribution < 1.29 is 4.79 Å². The molecule has 0 atom stereocenters. The molecule has 0 saturated heterocycles. The third-order valence-corrected chi connectivity index (χ3v) is 5.00. The number of hydrogen-bond acceptors (Lipinski definition) is 3. The van der Waals surface area contributed by atoms with Gasteiger partial charge in [0.1, 0.15) is 5.69 Å². The predicted molar refractivity (Wildman–Crippen MR) is 114 cm³/mol. The fourth-order valence-corrected chi connectivity index (χ4v) is 3.35. The number of para-hydroxylation sites is 1. The van der Waals surface area contributed by atoms with E-state index in [9.17, 15) is 4.79 Å². The van der Waals surface area contributed by atoms with Gasteiger partial charge in [0.2, 0.25) is 0 Å². The van der Waals surface area contributed by atoms with Crippen LogP contribution in [-0.2, 0) is 0 Å². The summed E-state index contributed by atoms with van der Waals surface area (Å²) in [5.41, 5.74) is 4.07. The molecule has 3 rings (SSSR count). The van der Waals surface area contributed by atoms with Crippen LogP contribution in [0.3, 0.4) is 0 Å². The van der Waals surface area contributed by atoms with Crippen LogP contribution in [0, 0.1) is 6.92 Å². The summed E-state index contributed by atoms with van der Waals surface area (Å²) in [6.45, 7) is 9.63. The maximum atomic E-state index is 13.1. The second-order valence-corrected chi connectivity index (χ2v) is 6.71. The lowest BCUT2D eigenvalue weighted by molar-refractivity contribution is 0.0949. The molecule has 28 heavy (non-hydrogen) atoms. The molecule has 0 spiro atoms. The standard InChI is InChI=1S/C23H28N4O/c1-4-26(5-2)17-16-24-23(28)21-18(3)27(20-14-10-7-11-15-20)25-22(21)19-12-8-6-9-13-19/h6-15H,4-5,16-17H2,1-3H3,(H,24,28). The number of rotatable bonds is 8. The van der Waals surface area contributed by atoms with E-state index in [2.05, 4.69) is 24.1 Å². The molecule has 1 amide bonds. The Morgan fingerprint density at radius 2 is 1.61 bits per heavy atom. The van der Waals surface area contributed by atoms with Crippen LogP contribution >= 0.6 is 0 Å². The Labute approximate surface area is 167 Å². The minimum Gasteiger partial charge on any atom is -0.351 e. The molecule has 0 bridgehead atoms. The lowest BCUT2D eigenvalue weighted by Gasteiger charge is -2.18. The SMILES string of the molecule is CCN(CC)CCNC(=O)c1c(-c2ccccc2)nn(-c2ccccc2)c1C. The molecule has 3 aromatic rings. The highest BCUT2D eigenvalue weighted by atomic mass is 16.1. The molecule has 146 valence electrons. The average Bonchev–Trinajstić information content (AvgIpc) is 3.09. The lowest BCUT2D eigenvalue weighted by atomic mass is 10.1. The Hall–Kier alpha value is -2.92. The van der Waals surface area contributed by atoms with Gasteiger partial charge in [0, 0.05) is 18.7 Å². The van der Waals surface area contributed by atoms with Crippen molar-refractivity contribution in [2.75, 3.05) is 26.2 Å². The fraction of sp³-hybridized carbons (Fsp3) is 0.304. The summed E-state index contributed by atoms with van der Waals surface area (Å²) >= 11 is 0. The first-order valence-corrected chi connectivity index (χ1v) is 9.86. The summed E-state index contributed by atoms with van der Waals surface area (Å²) in [6, 6.07) is 19.8. The minimum atomic E-state index is -0.0781. The van der Waals surface area contributed by atoms with E-state index in [1.165, 1.54) is 0 Å². The summed E-state index contributed by atoms with van der Waals surface area (Å²) in [5.74, 6) is -0.0781. The molecule has 5 heteroatoms. The van der Waals surface area contributed by atoms with Crippen molar-refractivity contribution >= 4 is 5.91 Å². The molecule has 0 aliphatic heterocycles. The Bertz CT molecular complexity index is 899. The maximum absolute atomic E-state index is 13.1. The average molecular weight is 377 g/mol. The zero-order chi connectivity index (χ0) is 19.9. The molecular weight excluding hydrogens is 348 g/mol. The lowest BCUT2D eigenvalue weighted by Crippen LogP contribution is -2.35. The van der Waals surface area contributed by atoms with Crippen LogP contribution in [0.4, 0.5) is 0 Å². The minimum absolute atomic E-state index is 0.0781. The number of carbonyl (C=O) groups excluding carboxylic acids is 1. The van der Waals surface area contributed by atoms with Gasteiger partial charge >= 0.3 is 0 Å². The van der Waals surface area contributed by atoms with Gasteiger partial charge in [-0.1, -0.05) is 62.4 Å².